The van der Waals surface area contributed by atoms with E-state index in [0.717, 1.165) is 77.5 Å². The van der Waals surface area contributed by atoms with Crippen molar-refractivity contribution in [3.8, 4) is 0 Å². The minimum atomic E-state index is -0.375. The van der Waals surface area contributed by atoms with Gasteiger partial charge in [0.05, 0.1) is 6.04 Å². The van der Waals surface area contributed by atoms with Crippen LogP contribution in [0.5, 0.6) is 0 Å². The molecular weight excluding hydrogens is 368 g/mol. The number of nitrogens with one attached hydrogen (secondary N) is 2. The Hall–Kier alpha value is -1.63. The molecule has 0 bridgehead atoms. The topological polar surface area (TPSA) is 81.8 Å². The summed E-state index contributed by atoms with van der Waals surface area (Å²) in [5, 5.41) is 5.44. The minimum Gasteiger partial charge on any atom is -0.342 e. The molecule has 29 heavy (non-hydrogen) atoms. The van der Waals surface area contributed by atoms with Crippen molar-refractivity contribution in [2.24, 2.45) is 5.92 Å². The third kappa shape index (κ3) is 6.43. The van der Waals surface area contributed by atoms with E-state index in [-0.39, 0.29) is 29.9 Å². The van der Waals surface area contributed by atoms with Gasteiger partial charge in [0, 0.05) is 25.0 Å². The Balaban J connectivity index is 1.40. The summed E-state index contributed by atoms with van der Waals surface area (Å²) >= 11 is 0. The highest BCUT2D eigenvalue weighted by atomic mass is 16.2. The van der Waals surface area contributed by atoms with Gasteiger partial charge in [-0.05, 0) is 58.5 Å². The standard InChI is InChI=1S/C22H38N4O3/c1-17(20(27)24-22(29)23-19-9-5-4-6-10-19)25-15-11-18(12-16-25)21(28)26-13-7-2-3-8-14-26/h17-19H,2-16H2,1H3,(H2,23,24,27,29). The van der Waals surface area contributed by atoms with Crippen LogP contribution in [0.2, 0.25) is 0 Å². The van der Waals surface area contributed by atoms with Crippen LogP contribution in [0.25, 0.3) is 0 Å². The lowest BCUT2D eigenvalue weighted by molar-refractivity contribution is -0.137. The van der Waals surface area contributed by atoms with Gasteiger partial charge in [0.15, 0.2) is 0 Å². The van der Waals surface area contributed by atoms with Crippen molar-refractivity contribution in [1.82, 2.24) is 20.4 Å². The van der Waals surface area contributed by atoms with Crippen LogP contribution in [0.15, 0.2) is 0 Å². The first-order valence-electron chi connectivity index (χ1n) is 11.7. The van der Waals surface area contributed by atoms with Crippen molar-refractivity contribution < 1.29 is 14.4 Å². The van der Waals surface area contributed by atoms with Crippen molar-refractivity contribution in [3.05, 3.63) is 0 Å². The molecule has 4 amide bonds. The largest absolute Gasteiger partial charge is 0.342 e. The van der Waals surface area contributed by atoms with Crippen molar-refractivity contribution >= 4 is 17.8 Å². The smallest absolute Gasteiger partial charge is 0.321 e. The van der Waals surface area contributed by atoms with E-state index in [4.69, 9.17) is 0 Å². The van der Waals surface area contributed by atoms with Crippen LogP contribution in [0.1, 0.15) is 77.6 Å². The number of nitrogens with zero attached hydrogens (tertiary/aromatic N) is 2. The number of carbonyl (C=O) groups excluding carboxylic acids is 3. The molecule has 164 valence electrons. The molecule has 2 heterocycles. The molecule has 7 nitrogen and oxygen atoms in total. The Morgan fingerprint density at radius 1 is 0.793 bits per heavy atom. The first kappa shape index (κ1) is 22.1. The van der Waals surface area contributed by atoms with E-state index in [1.54, 1.807) is 0 Å². The molecule has 1 aliphatic carbocycles. The molecule has 2 saturated heterocycles. The summed E-state index contributed by atoms with van der Waals surface area (Å²) in [7, 11) is 0. The second kappa shape index (κ2) is 11.0. The van der Waals surface area contributed by atoms with Gasteiger partial charge >= 0.3 is 6.03 Å². The molecule has 3 rings (SSSR count). The normalized spacial score (nSPS) is 23.8. The monoisotopic (exact) mass is 406 g/mol. The zero-order chi connectivity index (χ0) is 20.6. The van der Waals surface area contributed by atoms with Crippen molar-refractivity contribution in [3.63, 3.8) is 0 Å². The fourth-order valence-electron chi connectivity index (χ4n) is 4.93. The number of carbonyl (C=O) groups is 3. The number of hydrogen-bond acceptors (Lipinski definition) is 4. The molecule has 0 aromatic heterocycles. The van der Waals surface area contributed by atoms with Crippen molar-refractivity contribution in [2.45, 2.75) is 89.6 Å². The van der Waals surface area contributed by atoms with Gasteiger partial charge < -0.3 is 10.2 Å². The lowest BCUT2D eigenvalue weighted by atomic mass is 9.94. The maximum Gasteiger partial charge on any atom is 0.321 e. The second-order valence-corrected chi connectivity index (χ2v) is 9.02. The summed E-state index contributed by atoms with van der Waals surface area (Å²) in [5.74, 6) is 0.125. The summed E-state index contributed by atoms with van der Waals surface area (Å²) in [5.41, 5.74) is 0. The SMILES string of the molecule is CC(C(=O)NC(=O)NC1CCCCC1)N1CCC(C(=O)N2CCCCCC2)CC1. The average Bonchev–Trinajstić information content (AvgIpc) is 3.03. The van der Waals surface area contributed by atoms with E-state index in [0.29, 0.717) is 5.91 Å². The molecule has 3 aliphatic rings. The molecule has 2 N–H and O–H groups in total. The van der Waals surface area contributed by atoms with E-state index in [1.807, 2.05) is 6.92 Å². The predicted molar refractivity (Wildman–Crippen MR) is 112 cm³/mol. The Morgan fingerprint density at radius 3 is 2.00 bits per heavy atom. The Morgan fingerprint density at radius 2 is 1.38 bits per heavy atom. The molecule has 1 atom stereocenters. The van der Waals surface area contributed by atoms with Gasteiger partial charge in [-0.2, -0.15) is 0 Å². The molecular formula is C22H38N4O3. The highest BCUT2D eigenvalue weighted by Gasteiger charge is 2.32. The molecule has 1 saturated carbocycles. The van der Waals surface area contributed by atoms with Gasteiger partial charge in [0.25, 0.3) is 0 Å². The summed E-state index contributed by atoms with van der Waals surface area (Å²) in [6.45, 7) is 5.09. The lowest BCUT2D eigenvalue weighted by Gasteiger charge is -2.36. The van der Waals surface area contributed by atoms with Gasteiger partial charge in [-0.25, -0.2) is 4.79 Å². The fourth-order valence-corrected chi connectivity index (χ4v) is 4.93. The first-order chi connectivity index (χ1) is 14.0. The Labute approximate surface area is 174 Å². The van der Waals surface area contributed by atoms with E-state index in [2.05, 4.69) is 20.4 Å². The van der Waals surface area contributed by atoms with Gasteiger partial charge in [0.1, 0.15) is 0 Å². The zero-order valence-electron chi connectivity index (χ0n) is 18.0. The number of likely N-dealkylation sites (tertiary alicyclic amines) is 2. The van der Waals surface area contributed by atoms with Crippen LogP contribution >= 0.6 is 0 Å². The van der Waals surface area contributed by atoms with E-state index in [9.17, 15) is 14.4 Å². The number of amides is 4. The van der Waals surface area contributed by atoms with Crippen molar-refractivity contribution in [2.75, 3.05) is 26.2 Å². The Kier molecular flexibility index (Phi) is 8.33. The predicted octanol–water partition coefficient (Wildman–Crippen LogP) is 2.65. The second-order valence-electron chi connectivity index (χ2n) is 9.02. The minimum absolute atomic E-state index is 0.0780. The number of imide groups is 1. The third-order valence-corrected chi connectivity index (χ3v) is 6.90. The van der Waals surface area contributed by atoms with Crippen LogP contribution in [0.4, 0.5) is 4.79 Å². The number of hydrogen-bond donors (Lipinski definition) is 2. The van der Waals surface area contributed by atoms with Crippen LogP contribution in [0.3, 0.4) is 0 Å². The summed E-state index contributed by atoms with van der Waals surface area (Å²) in [4.78, 5) is 41.6. The van der Waals surface area contributed by atoms with Crippen LogP contribution in [-0.4, -0.2) is 65.9 Å². The summed E-state index contributed by atoms with van der Waals surface area (Å²) in [6.07, 6.45) is 11.8. The number of piperidine rings is 1. The van der Waals surface area contributed by atoms with Gasteiger partial charge in [-0.15, -0.1) is 0 Å². The maximum absolute atomic E-state index is 12.8. The highest BCUT2D eigenvalue weighted by molar-refractivity contribution is 5.96. The van der Waals surface area contributed by atoms with Crippen LogP contribution in [0, 0.1) is 5.92 Å². The quantitative estimate of drug-likeness (QED) is 0.752. The molecule has 3 fully saturated rings. The Bertz CT molecular complexity index is 560. The lowest BCUT2D eigenvalue weighted by Crippen LogP contribution is -2.53. The fraction of sp³-hybridized carbons (Fsp3) is 0.864. The van der Waals surface area contributed by atoms with Gasteiger partial charge in [-0.1, -0.05) is 32.1 Å². The molecule has 0 spiro atoms. The first-order valence-corrected chi connectivity index (χ1v) is 11.7. The molecule has 7 heteroatoms. The number of urea groups is 1. The van der Waals surface area contributed by atoms with E-state index >= 15 is 0 Å². The van der Waals surface area contributed by atoms with Crippen LogP contribution in [-0.2, 0) is 9.59 Å². The van der Waals surface area contributed by atoms with E-state index in [1.165, 1.54) is 19.3 Å². The van der Waals surface area contributed by atoms with Gasteiger partial charge in [-0.3, -0.25) is 19.8 Å². The molecule has 2 aliphatic heterocycles. The van der Waals surface area contributed by atoms with E-state index < -0.39 is 0 Å². The maximum atomic E-state index is 12.8. The highest BCUT2D eigenvalue weighted by Crippen LogP contribution is 2.23. The molecule has 0 radical (unpaired) electrons. The average molecular weight is 407 g/mol. The molecule has 0 aromatic rings. The van der Waals surface area contributed by atoms with Crippen molar-refractivity contribution in [1.29, 1.82) is 0 Å². The van der Waals surface area contributed by atoms with Gasteiger partial charge in [0.2, 0.25) is 11.8 Å². The molecule has 0 aromatic carbocycles. The number of rotatable bonds is 4. The third-order valence-electron chi connectivity index (χ3n) is 6.90. The molecule has 1 unspecified atom stereocenters. The summed E-state index contributed by atoms with van der Waals surface area (Å²) in [6, 6.07) is -0.547. The summed E-state index contributed by atoms with van der Waals surface area (Å²) < 4.78 is 0. The zero-order valence-corrected chi connectivity index (χ0v) is 18.0. The van der Waals surface area contributed by atoms with Crippen LogP contribution < -0.4 is 10.6 Å².